The van der Waals surface area contributed by atoms with Gasteiger partial charge in [0, 0.05) is 31.5 Å². The summed E-state index contributed by atoms with van der Waals surface area (Å²) in [5.74, 6) is 0.795. The Labute approximate surface area is 165 Å². The van der Waals surface area contributed by atoms with Gasteiger partial charge in [0.25, 0.3) is 0 Å². The topological polar surface area (TPSA) is 78.8 Å². The third-order valence-electron chi connectivity index (χ3n) is 5.80. The highest BCUT2D eigenvalue weighted by molar-refractivity contribution is 5.80. The molecule has 28 heavy (non-hydrogen) atoms. The summed E-state index contributed by atoms with van der Waals surface area (Å²) >= 11 is 0. The first-order valence-corrected chi connectivity index (χ1v) is 10.1. The van der Waals surface area contributed by atoms with E-state index < -0.39 is 0 Å². The molecule has 7 heteroatoms. The number of imidazole rings is 2. The number of nitrogens with zero attached hydrogens (tertiary/aromatic N) is 4. The zero-order valence-electron chi connectivity index (χ0n) is 16.6. The fourth-order valence-corrected chi connectivity index (χ4v) is 3.99. The average molecular weight is 380 g/mol. The minimum Gasteiger partial charge on any atom is -0.340 e. The maximum absolute atomic E-state index is 12.8. The molecular formula is C21H28N6O. The van der Waals surface area contributed by atoms with E-state index in [2.05, 4.69) is 44.7 Å². The Hall–Kier alpha value is -2.83. The maximum atomic E-state index is 12.8. The SMILES string of the molecule is Cc1ccc2[nH]c(CNC(=O)N3CCCC[C@@H]3CCn3ccnc3)nc2c1C. The van der Waals surface area contributed by atoms with Crippen molar-refractivity contribution < 1.29 is 4.79 Å². The molecule has 1 aliphatic rings. The number of aromatic amines is 1. The number of aromatic nitrogens is 4. The van der Waals surface area contributed by atoms with Crippen molar-refractivity contribution in [3.05, 3.63) is 47.8 Å². The average Bonchev–Trinajstić information content (AvgIpc) is 3.37. The van der Waals surface area contributed by atoms with E-state index in [1.54, 1.807) is 6.20 Å². The smallest absolute Gasteiger partial charge is 0.318 e. The Balaban J connectivity index is 1.38. The van der Waals surface area contributed by atoms with Crippen LogP contribution in [0.5, 0.6) is 0 Å². The summed E-state index contributed by atoms with van der Waals surface area (Å²) in [5, 5.41) is 3.06. The van der Waals surface area contributed by atoms with Gasteiger partial charge in [-0.1, -0.05) is 6.07 Å². The number of carbonyl (C=O) groups is 1. The zero-order valence-corrected chi connectivity index (χ0v) is 16.6. The second-order valence-corrected chi connectivity index (χ2v) is 7.68. The first-order chi connectivity index (χ1) is 13.6. The quantitative estimate of drug-likeness (QED) is 0.711. The molecule has 1 atom stereocenters. The van der Waals surface area contributed by atoms with Gasteiger partial charge in [0.2, 0.25) is 0 Å². The Morgan fingerprint density at radius 1 is 1.32 bits per heavy atom. The number of rotatable bonds is 5. The minimum absolute atomic E-state index is 0.00342. The van der Waals surface area contributed by atoms with E-state index >= 15 is 0 Å². The largest absolute Gasteiger partial charge is 0.340 e. The standard InChI is InChI=1S/C21H28N6O/c1-15-6-7-18-20(16(15)2)25-19(24-18)13-23-21(28)27-10-4-3-5-17(27)8-11-26-12-9-22-14-26/h6-7,9,12,14,17H,3-5,8,10-11,13H2,1-2H3,(H,23,28)(H,24,25)/t17-/m1/s1. The second-order valence-electron chi connectivity index (χ2n) is 7.68. The summed E-state index contributed by atoms with van der Waals surface area (Å²) in [6.45, 7) is 6.29. The number of H-pyrrole nitrogens is 1. The fourth-order valence-electron chi connectivity index (χ4n) is 3.99. The number of amides is 2. The van der Waals surface area contributed by atoms with Crippen molar-refractivity contribution in [2.24, 2.45) is 0 Å². The van der Waals surface area contributed by atoms with Crippen LogP contribution in [0.25, 0.3) is 11.0 Å². The van der Waals surface area contributed by atoms with E-state index in [0.717, 1.165) is 49.2 Å². The number of carbonyl (C=O) groups excluding carboxylic acids is 1. The first-order valence-electron chi connectivity index (χ1n) is 10.1. The summed E-state index contributed by atoms with van der Waals surface area (Å²) in [7, 11) is 0. The Kier molecular flexibility index (Phi) is 5.32. The van der Waals surface area contributed by atoms with Crippen molar-refractivity contribution in [3.63, 3.8) is 0 Å². The number of hydrogen-bond acceptors (Lipinski definition) is 3. The van der Waals surface area contributed by atoms with E-state index in [0.29, 0.717) is 6.54 Å². The monoisotopic (exact) mass is 380 g/mol. The molecule has 7 nitrogen and oxygen atoms in total. The molecule has 1 fully saturated rings. The summed E-state index contributed by atoms with van der Waals surface area (Å²) in [4.78, 5) is 26.9. The fraction of sp³-hybridized carbons (Fsp3) is 0.476. The van der Waals surface area contributed by atoms with Crippen molar-refractivity contribution in [3.8, 4) is 0 Å². The number of aryl methyl sites for hydroxylation is 3. The van der Waals surface area contributed by atoms with Gasteiger partial charge in [-0.25, -0.2) is 14.8 Å². The lowest BCUT2D eigenvalue weighted by atomic mass is 10.00. The van der Waals surface area contributed by atoms with E-state index in [1.165, 1.54) is 17.5 Å². The van der Waals surface area contributed by atoms with Gasteiger partial charge in [0.1, 0.15) is 5.82 Å². The number of piperidine rings is 1. The summed E-state index contributed by atoms with van der Waals surface area (Å²) in [6.07, 6.45) is 9.86. The third-order valence-corrected chi connectivity index (χ3v) is 5.80. The molecular weight excluding hydrogens is 352 g/mol. The van der Waals surface area contributed by atoms with Gasteiger partial charge in [0.05, 0.1) is 23.9 Å². The van der Waals surface area contributed by atoms with E-state index in [9.17, 15) is 4.79 Å². The second kappa shape index (κ2) is 8.04. The van der Waals surface area contributed by atoms with Crippen molar-refractivity contribution in [2.75, 3.05) is 6.54 Å². The third kappa shape index (κ3) is 3.88. The molecule has 0 unspecified atom stereocenters. The Bertz CT molecular complexity index is 945. The van der Waals surface area contributed by atoms with Gasteiger partial charge in [-0.05, 0) is 56.7 Å². The van der Waals surface area contributed by atoms with Crippen LogP contribution < -0.4 is 5.32 Å². The summed E-state index contributed by atoms with van der Waals surface area (Å²) in [5.41, 5.74) is 4.41. The molecule has 2 N–H and O–H groups in total. The molecule has 1 saturated heterocycles. The molecule has 0 radical (unpaired) electrons. The molecule has 1 aliphatic heterocycles. The molecule has 148 valence electrons. The zero-order chi connectivity index (χ0) is 19.5. The van der Waals surface area contributed by atoms with Crippen LogP contribution in [0.2, 0.25) is 0 Å². The Morgan fingerprint density at radius 2 is 2.21 bits per heavy atom. The lowest BCUT2D eigenvalue weighted by molar-refractivity contribution is 0.143. The van der Waals surface area contributed by atoms with Crippen LogP contribution >= 0.6 is 0 Å². The number of nitrogens with one attached hydrogen (secondary N) is 2. The molecule has 2 aromatic heterocycles. The molecule has 4 rings (SSSR count). The number of benzene rings is 1. The van der Waals surface area contributed by atoms with Crippen molar-refractivity contribution in [1.29, 1.82) is 0 Å². The van der Waals surface area contributed by atoms with E-state index in [-0.39, 0.29) is 12.1 Å². The molecule has 1 aromatic carbocycles. The lowest BCUT2D eigenvalue weighted by Gasteiger charge is -2.35. The lowest BCUT2D eigenvalue weighted by Crippen LogP contribution is -2.48. The van der Waals surface area contributed by atoms with Gasteiger partial charge in [-0.3, -0.25) is 0 Å². The van der Waals surface area contributed by atoms with Crippen LogP contribution in [0, 0.1) is 13.8 Å². The van der Waals surface area contributed by atoms with Crippen LogP contribution in [-0.2, 0) is 13.1 Å². The van der Waals surface area contributed by atoms with Gasteiger partial charge < -0.3 is 19.8 Å². The number of urea groups is 1. The first kappa shape index (κ1) is 18.5. The summed E-state index contributed by atoms with van der Waals surface area (Å²) < 4.78 is 2.07. The molecule has 3 aromatic rings. The molecule has 0 aliphatic carbocycles. The normalized spacial score (nSPS) is 17.2. The summed E-state index contributed by atoms with van der Waals surface area (Å²) in [6, 6.07) is 4.42. The number of likely N-dealkylation sites (tertiary alicyclic amines) is 1. The van der Waals surface area contributed by atoms with E-state index in [1.807, 2.05) is 23.5 Å². The van der Waals surface area contributed by atoms with Crippen molar-refractivity contribution in [1.82, 2.24) is 29.7 Å². The van der Waals surface area contributed by atoms with Gasteiger partial charge in [-0.2, -0.15) is 0 Å². The van der Waals surface area contributed by atoms with Crippen LogP contribution in [0.1, 0.15) is 42.6 Å². The van der Waals surface area contributed by atoms with Gasteiger partial charge in [0.15, 0.2) is 0 Å². The number of hydrogen-bond donors (Lipinski definition) is 2. The molecule has 0 spiro atoms. The Morgan fingerprint density at radius 3 is 3.04 bits per heavy atom. The highest BCUT2D eigenvalue weighted by Gasteiger charge is 2.26. The van der Waals surface area contributed by atoms with Crippen LogP contribution in [0.15, 0.2) is 30.9 Å². The molecule has 2 amide bonds. The van der Waals surface area contributed by atoms with Crippen molar-refractivity contribution >= 4 is 17.1 Å². The molecule has 0 saturated carbocycles. The van der Waals surface area contributed by atoms with Crippen molar-refractivity contribution in [2.45, 2.75) is 58.7 Å². The minimum atomic E-state index is 0.00342. The van der Waals surface area contributed by atoms with Crippen LogP contribution in [0.4, 0.5) is 4.79 Å². The number of fused-ring (bicyclic) bond motifs is 1. The van der Waals surface area contributed by atoms with Crippen LogP contribution in [0.3, 0.4) is 0 Å². The molecule has 3 heterocycles. The van der Waals surface area contributed by atoms with Gasteiger partial charge >= 0.3 is 6.03 Å². The predicted octanol–water partition coefficient (Wildman–Crippen LogP) is 3.53. The predicted molar refractivity (Wildman–Crippen MR) is 109 cm³/mol. The van der Waals surface area contributed by atoms with Gasteiger partial charge in [-0.15, -0.1) is 0 Å². The van der Waals surface area contributed by atoms with E-state index in [4.69, 9.17) is 0 Å². The molecule has 0 bridgehead atoms. The highest BCUT2D eigenvalue weighted by atomic mass is 16.2. The van der Waals surface area contributed by atoms with Crippen LogP contribution in [-0.4, -0.2) is 43.0 Å². The maximum Gasteiger partial charge on any atom is 0.318 e. The highest BCUT2D eigenvalue weighted by Crippen LogP contribution is 2.21.